The van der Waals surface area contributed by atoms with E-state index in [4.69, 9.17) is 0 Å². The lowest BCUT2D eigenvalue weighted by molar-refractivity contribution is -0.144. The van der Waals surface area contributed by atoms with E-state index in [-0.39, 0.29) is 0 Å². The molecule has 1 aromatic heterocycles. The van der Waals surface area contributed by atoms with Crippen molar-refractivity contribution in [2.45, 2.75) is 64.8 Å². The molecule has 1 aliphatic rings. The molecule has 1 N–H and O–H groups in total. The first-order chi connectivity index (χ1) is 9.18. The Morgan fingerprint density at radius 1 is 1.32 bits per heavy atom. The maximum atomic E-state index is 11.2. The smallest absolute Gasteiger partial charge is 0.311 e. The van der Waals surface area contributed by atoms with Gasteiger partial charge < -0.3 is 5.11 Å². The predicted octanol–water partition coefficient (Wildman–Crippen LogP) is 2.05. The molecule has 0 amide bonds. The van der Waals surface area contributed by atoms with Gasteiger partial charge in [-0.2, -0.15) is 0 Å². The zero-order valence-corrected chi connectivity index (χ0v) is 11.5. The van der Waals surface area contributed by atoms with Gasteiger partial charge in [-0.05, 0) is 29.7 Å². The minimum atomic E-state index is -0.725. The number of nitrogens with zero attached hydrogens (tertiary/aromatic N) is 4. The summed E-state index contributed by atoms with van der Waals surface area (Å²) in [6.07, 6.45) is 8.32. The van der Waals surface area contributed by atoms with E-state index in [1.807, 2.05) is 0 Å². The van der Waals surface area contributed by atoms with Crippen LogP contribution in [0.15, 0.2) is 0 Å². The lowest BCUT2D eigenvalue weighted by atomic mass is 10.1. The van der Waals surface area contributed by atoms with Crippen LogP contribution in [0.5, 0.6) is 0 Å². The van der Waals surface area contributed by atoms with Crippen LogP contribution in [0, 0.1) is 5.41 Å². The molecule has 0 aromatic carbocycles. The molecule has 1 fully saturated rings. The van der Waals surface area contributed by atoms with Crippen LogP contribution in [0.2, 0.25) is 0 Å². The molecule has 0 atom stereocenters. The van der Waals surface area contributed by atoms with E-state index in [1.165, 1.54) is 25.7 Å². The quantitative estimate of drug-likeness (QED) is 0.692. The Morgan fingerprint density at radius 2 is 2.05 bits per heavy atom. The largest absolute Gasteiger partial charge is 0.481 e. The second kappa shape index (κ2) is 6.12. The fourth-order valence-corrected chi connectivity index (χ4v) is 2.29. The van der Waals surface area contributed by atoms with Crippen molar-refractivity contribution >= 4 is 5.97 Å². The van der Waals surface area contributed by atoms with Crippen molar-refractivity contribution in [1.29, 1.82) is 0 Å². The summed E-state index contributed by atoms with van der Waals surface area (Å²) in [7, 11) is 0. The number of hydrogen-bond acceptors (Lipinski definition) is 4. The molecular weight excluding hydrogens is 244 g/mol. The molecule has 0 radical (unpaired) electrons. The first kappa shape index (κ1) is 14.0. The number of unbranched alkanes of at least 4 members (excludes halogenated alkanes) is 4. The van der Waals surface area contributed by atoms with Gasteiger partial charge in [0.2, 0.25) is 0 Å². The number of hydrogen-bond donors (Lipinski definition) is 1. The van der Waals surface area contributed by atoms with Crippen molar-refractivity contribution in [3.05, 3.63) is 5.82 Å². The van der Waals surface area contributed by atoms with Crippen molar-refractivity contribution < 1.29 is 9.90 Å². The number of rotatable bonds is 9. The number of carboxylic acid groups (broad SMARTS) is 1. The van der Waals surface area contributed by atoms with Gasteiger partial charge in [-0.1, -0.05) is 32.6 Å². The van der Waals surface area contributed by atoms with Crippen LogP contribution >= 0.6 is 0 Å². The molecule has 6 nitrogen and oxygen atoms in total. The molecule has 0 spiro atoms. The van der Waals surface area contributed by atoms with E-state index >= 15 is 0 Å². The Labute approximate surface area is 113 Å². The SMILES string of the molecule is CCCCCCCc1nnnn1CC1(C(=O)O)CC1. The van der Waals surface area contributed by atoms with Crippen LogP contribution in [0.4, 0.5) is 0 Å². The van der Waals surface area contributed by atoms with Gasteiger partial charge in [0.25, 0.3) is 0 Å². The molecule has 1 saturated carbocycles. The third-order valence-corrected chi connectivity index (χ3v) is 3.87. The lowest BCUT2D eigenvalue weighted by Crippen LogP contribution is -2.23. The van der Waals surface area contributed by atoms with Gasteiger partial charge >= 0.3 is 5.97 Å². The van der Waals surface area contributed by atoms with E-state index < -0.39 is 11.4 Å². The molecule has 0 unspecified atom stereocenters. The fourth-order valence-electron chi connectivity index (χ4n) is 2.29. The van der Waals surface area contributed by atoms with Gasteiger partial charge in [0.1, 0.15) is 0 Å². The molecule has 0 saturated heterocycles. The minimum absolute atomic E-state index is 0.416. The van der Waals surface area contributed by atoms with Gasteiger partial charge in [0.05, 0.1) is 12.0 Å². The van der Waals surface area contributed by atoms with Gasteiger partial charge in [0.15, 0.2) is 5.82 Å². The zero-order valence-electron chi connectivity index (χ0n) is 11.5. The van der Waals surface area contributed by atoms with Crippen molar-refractivity contribution in [2.24, 2.45) is 5.41 Å². The summed E-state index contributed by atoms with van der Waals surface area (Å²) in [6.45, 7) is 2.61. The summed E-state index contributed by atoms with van der Waals surface area (Å²) < 4.78 is 1.68. The average Bonchev–Trinajstić information content (AvgIpc) is 3.04. The number of aryl methyl sites for hydroxylation is 1. The number of tetrazole rings is 1. The molecular formula is C13H22N4O2. The highest BCUT2D eigenvalue weighted by atomic mass is 16.4. The van der Waals surface area contributed by atoms with E-state index in [0.717, 1.165) is 31.5 Å². The van der Waals surface area contributed by atoms with Crippen molar-refractivity contribution in [2.75, 3.05) is 0 Å². The van der Waals surface area contributed by atoms with Crippen LogP contribution in [-0.4, -0.2) is 31.3 Å². The molecule has 1 aromatic rings. The van der Waals surface area contributed by atoms with Crippen molar-refractivity contribution in [1.82, 2.24) is 20.2 Å². The fraction of sp³-hybridized carbons (Fsp3) is 0.846. The highest BCUT2D eigenvalue weighted by molar-refractivity contribution is 5.77. The standard InChI is InChI=1S/C13H22N4O2/c1-2-3-4-5-6-7-11-14-15-16-17(11)10-13(8-9-13)12(18)19/h2-10H2,1H3,(H,18,19). The zero-order chi connectivity index (χ0) is 13.7. The van der Waals surface area contributed by atoms with E-state index in [0.29, 0.717) is 6.54 Å². The Morgan fingerprint density at radius 3 is 2.68 bits per heavy atom. The topological polar surface area (TPSA) is 80.9 Å². The van der Waals surface area contributed by atoms with Crippen LogP contribution < -0.4 is 0 Å². The van der Waals surface area contributed by atoms with Crippen LogP contribution in [0.3, 0.4) is 0 Å². The maximum absolute atomic E-state index is 11.2. The third kappa shape index (κ3) is 3.52. The summed E-state index contributed by atoms with van der Waals surface area (Å²) in [5, 5.41) is 20.8. The predicted molar refractivity (Wildman–Crippen MR) is 69.6 cm³/mol. The molecule has 6 heteroatoms. The van der Waals surface area contributed by atoms with Gasteiger partial charge in [-0.15, -0.1) is 5.10 Å². The Kier molecular flexibility index (Phi) is 4.50. The number of aromatic nitrogens is 4. The molecule has 1 heterocycles. The first-order valence-corrected chi connectivity index (χ1v) is 7.16. The van der Waals surface area contributed by atoms with Crippen LogP contribution in [0.1, 0.15) is 57.7 Å². The van der Waals surface area contributed by atoms with E-state index in [9.17, 15) is 9.90 Å². The molecule has 0 aliphatic heterocycles. The van der Waals surface area contributed by atoms with Crippen molar-refractivity contribution in [3.63, 3.8) is 0 Å². The van der Waals surface area contributed by atoms with Crippen molar-refractivity contribution in [3.8, 4) is 0 Å². The monoisotopic (exact) mass is 266 g/mol. The summed E-state index contributed by atoms with van der Waals surface area (Å²) in [6, 6.07) is 0. The number of carbonyl (C=O) groups is 1. The van der Waals surface area contributed by atoms with Crippen LogP contribution in [0.25, 0.3) is 0 Å². The van der Waals surface area contributed by atoms with E-state index in [2.05, 4.69) is 22.4 Å². The molecule has 106 valence electrons. The molecule has 2 rings (SSSR count). The van der Waals surface area contributed by atoms with E-state index in [1.54, 1.807) is 4.68 Å². The third-order valence-electron chi connectivity index (χ3n) is 3.87. The Balaban J connectivity index is 1.83. The minimum Gasteiger partial charge on any atom is -0.481 e. The second-order valence-corrected chi connectivity index (χ2v) is 5.50. The highest BCUT2D eigenvalue weighted by Gasteiger charge is 2.51. The molecule has 19 heavy (non-hydrogen) atoms. The average molecular weight is 266 g/mol. The summed E-state index contributed by atoms with van der Waals surface area (Å²) in [5.41, 5.74) is -0.605. The maximum Gasteiger partial charge on any atom is 0.311 e. The number of aliphatic carboxylic acids is 1. The normalized spacial score (nSPS) is 16.5. The highest BCUT2D eigenvalue weighted by Crippen LogP contribution is 2.47. The Bertz CT molecular complexity index is 426. The molecule has 0 bridgehead atoms. The Hall–Kier alpha value is -1.46. The lowest BCUT2D eigenvalue weighted by Gasteiger charge is -2.10. The summed E-state index contributed by atoms with van der Waals surface area (Å²) in [4.78, 5) is 11.2. The van der Waals surface area contributed by atoms with Crippen LogP contribution in [-0.2, 0) is 17.8 Å². The summed E-state index contributed by atoms with van der Waals surface area (Å²) in [5.74, 6) is 0.0981. The van der Waals surface area contributed by atoms with Gasteiger partial charge in [-0.25, -0.2) is 4.68 Å². The summed E-state index contributed by atoms with van der Waals surface area (Å²) >= 11 is 0. The first-order valence-electron chi connectivity index (χ1n) is 7.16. The number of carboxylic acids is 1. The second-order valence-electron chi connectivity index (χ2n) is 5.50. The van der Waals surface area contributed by atoms with Gasteiger partial charge in [0, 0.05) is 6.42 Å². The van der Waals surface area contributed by atoms with Gasteiger partial charge in [-0.3, -0.25) is 4.79 Å². The molecule has 1 aliphatic carbocycles.